The SMILES string of the molecule is CCOC(=O)c1ccc2[nH]nc(C=Cc3ccc4c(c3)OCCO4)c2c1OC. The lowest BCUT2D eigenvalue weighted by Gasteiger charge is -2.18. The Kier molecular flexibility index (Phi) is 4.89. The number of hydrogen-bond donors (Lipinski definition) is 1. The summed E-state index contributed by atoms with van der Waals surface area (Å²) >= 11 is 0. The molecule has 2 heterocycles. The fourth-order valence-electron chi connectivity index (χ4n) is 3.15. The number of nitrogens with one attached hydrogen (secondary N) is 1. The third-order valence-electron chi connectivity index (χ3n) is 4.41. The van der Waals surface area contributed by atoms with E-state index in [0.29, 0.717) is 36.8 Å². The Morgan fingerprint density at radius 3 is 2.79 bits per heavy atom. The fraction of sp³-hybridized carbons (Fsp3) is 0.238. The van der Waals surface area contributed by atoms with Crippen LogP contribution in [0.3, 0.4) is 0 Å². The van der Waals surface area contributed by atoms with E-state index in [2.05, 4.69) is 10.2 Å². The van der Waals surface area contributed by atoms with Crippen molar-refractivity contribution < 1.29 is 23.7 Å². The largest absolute Gasteiger partial charge is 0.495 e. The molecule has 0 unspecified atom stereocenters. The van der Waals surface area contributed by atoms with Crippen LogP contribution in [0.1, 0.15) is 28.5 Å². The summed E-state index contributed by atoms with van der Waals surface area (Å²) in [4.78, 5) is 12.2. The Bertz CT molecular complexity index is 1050. The number of nitrogens with zero attached hydrogens (tertiary/aromatic N) is 1. The second kappa shape index (κ2) is 7.64. The summed E-state index contributed by atoms with van der Waals surface area (Å²) in [5.41, 5.74) is 2.74. The molecule has 1 aromatic heterocycles. The number of methoxy groups -OCH3 is 1. The maximum atomic E-state index is 12.2. The number of ether oxygens (including phenoxy) is 4. The van der Waals surface area contributed by atoms with Crippen LogP contribution in [-0.2, 0) is 4.74 Å². The molecule has 0 radical (unpaired) electrons. The minimum atomic E-state index is -0.427. The van der Waals surface area contributed by atoms with Crippen LogP contribution in [-0.4, -0.2) is 43.1 Å². The molecule has 28 heavy (non-hydrogen) atoms. The molecule has 4 rings (SSSR count). The van der Waals surface area contributed by atoms with Crippen molar-refractivity contribution in [3.05, 3.63) is 47.2 Å². The van der Waals surface area contributed by atoms with E-state index in [4.69, 9.17) is 18.9 Å². The van der Waals surface area contributed by atoms with Gasteiger partial charge >= 0.3 is 5.97 Å². The topological polar surface area (TPSA) is 82.7 Å². The van der Waals surface area contributed by atoms with Gasteiger partial charge in [0.25, 0.3) is 0 Å². The van der Waals surface area contributed by atoms with E-state index in [0.717, 1.165) is 28.0 Å². The second-order valence-electron chi connectivity index (χ2n) is 6.13. The van der Waals surface area contributed by atoms with Gasteiger partial charge in [0.05, 0.1) is 30.3 Å². The van der Waals surface area contributed by atoms with E-state index in [9.17, 15) is 4.79 Å². The highest BCUT2D eigenvalue weighted by Crippen LogP contribution is 2.34. The number of rotatable bonds is 5. The van der Waals surface area contributed by atoms with E-state index in [1.54, 1.807) is 19.1 Å². The number of H-pyrrole nitrogens is 1. The summed E-state index contributed by atoms with van der Waals surface area (Å²) < 4.78 is 21.8. The van der Waals surface area contributed by atoms with Gasteiger partial charge in [-0.3, -0.25) is 5.10 Å². The van der Waals surface area contributed by atoms with Crippen LogP contribution < -0.4 is 14.2 Å². The Labute approximate surface area is 161 Å². The predicted octanol–water partition coefficient (Wildman–Crippen LogP) is 3.69. The molecule has 0 saturated heterocycles. The van der Waals surface area contributed by atoms with E-state index in [1.165, 1.54) is 7.11 Å². The minimum absolute atomic E-state index is 0.294. The number of aromatic amines is 1. The molecule has 1 aliphatic rings. The Morgan fingerprint density at radius 2 is 2.00 bits per heavy atom. The quantitative estimate of drug-likeness (QED) is 0.680. The lowest BCUT2D eigenvalue weighted by Crippen LogP contribution is -2.15. The number of carbonyl (C=O) groups excluding carboxylic acids is 1. The van der Waals surface area contributed by atoms with Crippen LogP contribution >= 0.6 is 0 Å². The lowest BCUT2D eigenvalue weighted by atomic mass is 10.1. The first-order valence-electron chi connectivity index (χ1n) is 9.01. The van der Waals surface area contributed by atoms with Crippen LogP contribution in [0.5, 0.6) is 17.2 Å². The molecule has 3 aromatic rings. The highest BCUT2D eigenvalue weighted by Gasteiger charge is 2.19. The normalized spacial score (nSPS) is 13.1. The van der Waals surface area contributed by atoms with E-state index in [1.807, 2.05) is 30.4 Å². The Hall–Kier alpha value is -3.48. The van der Waals surface area contributed by atoms with Crippen molar-refractivity contribution in [1.29, 1.82) is 0 Å². The Balaban J connectivity index is 1.71. The monoisotopic (exact) mass is 380 g/mol. The molecule has 0 bridgehead atoms. The van der Waals surface area contributed by atoms with Crippen molar-refractivity contribution in [2.45, 2.75) is 6.92 Å². The minimum Gasteiger partial charge on any atom is -0.495 e. The van der Waals surface area contributed by atoms with Gasteiger partial charge in [-0.1, -0.05) is 12.1 Å². The smallest absolute Gasteiger partial charge is 0.341 e. The molecule has 144 valence electrons. The number of carbonyl (C=O) groups is 1. The first-order chi connectivity index (χ1) is 13.7. The zero-order chi connectivity index (χ0) is 19.5. The van der Waals surface area contributed by atoms with Gasteiger partial charge < -0.3 is 18.9 Å². The fourth-order valence-corrected chi connectivity index (χ4v) is 3.15. The van der Waals surface area contributed by atoms with Crippen LogP contribution in [0, 0.1) is 0 Å². The van der Waals surface area contributed by atoms with Crippen LogP contribution in [0.15, 0.2) is 30.3 Å². The summed E-state index contributed by atoms with van der Waals surface area (Å²) in [6.45, 7) is 3.16. The summed E-state index contributed by atoms with van der Waals surface area (Å²) in [6, 6.07) is 9.21. The average Bonchev–Trinajstić information content (AvgIpc) is 3.14. The zero-order valence-electron chi connectivity index (χ0n) is 15.7. The van der Waals surface area contributed by atoms with Crippen molar-refractivity contribution in [3.63, 3.8) is 0 Å². The standard InChI is InChI=1S/C21H20N2O5/c1-3-26-21(24)14-6-8-16-19(20(14)25-2)15(22-23-16)7-4-13-5-9-17-18(12-13)28-11-10-27-17/h4-9,12H,3,10-11H2,1-2H3,(H,22,23). The maximum Gasteiger partial charge on any atom is 0.341 e. The molecule has 1 N–H and O–H groups in total. The number of esters is 1. The van der Waals surface area contributed by atoms with Crippen LogP contribution in [0.25, 0.3) is 23.1 Å². The predicted molar refractivity (Wildman–Crippen MR) is 105 cm³/mol. The van der Waals surface area contributed by atoms with Gasteiger partial charge in [-0.05, 0) is 42.8 Å². The molecular weight excluding hydrogens is 360 g/mol. The molecule has 0 spiro atoms. The molecule has 7 nitrogen and oxygen atoms in total. The molecule has 0 fully saturated rings. The van der Waals surface area contributed by atoms with Crippen LogP contribution in [0.2, 0.25) is 0 Å². The van der Waals surface area contributed by atoms with Crippen molar-refractivity contribution in [2.75, 3.05) is 26.9 Å². The molecule has 0 amide bonds. The third kappa shape index (κ3) is 3.26. The second-order valence-corrected chi connectivity index (χ2v) is 6.13. The molecule has 0 atom stereocenters. The van der Waals surface area contributed by atoms with Crippen molar-refractivity contribution in [3.8, 4) is 17.2 Å². The van der Waals surface area contributed by atoms with Gasteiger partial charge in [0, 0.05) is 0 Å². The van der Waals surface area contributed by atoms with E-state index >= 15 is 0 Å². The van der Waals surface area contributed by atoms with Gasteiger partial charge in [-0.15, -0.1) is 0 Å². The summed E-state index contributed by atoms with van der Waals surface area (Å²) in [7, 11) is 1.53. The van der Waals surface area contributed by atoms with Crippen LogP contribution in [0.4, 0.5) is 0 Å². The lowest BCUT2D eigenvalue weighted by molar-refractivity contribution is 0.0523. The van der Waals surface area contributed by atoms with Crippen molar-refractivity contribution in [1.82, 2.24) is 10.2 Å². The first-order valence-corrected chi connectivity index (χ1v) is 9.01. The number of aromatic nitrogens is 2. The van der Waals surface area contributed by atoms with E-state index in [-0.39, 0.29) is 0 Å². The molecule has 7 heteroatoms. The Morgan fingerprint density at radius 1 is 1.18 bits per heavy atom. The highest BCUT2D eigenvalue weighted by atomic mass is 16.6. The van der Waals surface area contributed by atoms with Gasteiger partial charge in [0.2, 0.25) is 0 Å². The van der Waals surface area contributed by atoms with Crippen molar-refractivity contribution >= 4 is 29.0 Å². The summed E-state index contributed by atoms with van der Waals surface area (Å²) in [5, 5.41) is 8.05. The average molecular weight is 380 g/mol. The summed E-state index contributed by atoms with van der Waals surface area (Å²) in [5.74, 6) is 1.48. The molecular formula is C21H20N2O5. The van der Waals surface area contributed by atoms with Crippen molar-refractivity contribution in [2.24, 2.45) is 0 Å². The number of fused-ring (bicyclic) bond motifs is 2. The molecule has 0 saturated carbocycles. The first kappa shape index (κ1) is 17.9. The highest BCUT2D eigenvalue weighted by molar-refractivity contribution is 6.03. The van der Waals surface area contributed by atoms with Gasteiger partial charge in [-0.2, -0.15) is 5.10 Å². The molecule has 0 aliphatic carbocycles. The van der Waals surface area contributed by atoms with E-state index < -0.39 is 5.97 Å². The molecule has 1 aliphatic heterocycles. The van der Waals surface area contributed by atoms with Gasteiger partial charge in [-0.25, -0.2) is 4.79 Å². The third-order valence-corrected chi connectivity index (χ3v) is 4.41. The van der Waals surface area contributed by atoms with Gasteiger partial charge in [0.15, 0.2) is 11.5 Å². The summed E-state index contributed by atoms with van der Waals surface area (Å²) in [6.07, 6.45) is 3.78. The zero-order valence-corrected chi connectivity index (χ0v) is 15.7. The number of hydrogen-bond acceptors (Lipinski definition) is 6. The maximum absolute atomic E-state index is 12.2. The molecule has 2 aromatic carbocycles. The van der Waals surface area contributed by atoms with Gasteiger partial charge in [0.1, 0.15) is 24.5 Å². The number of benzene rings is 2.